The highest BCUT2D eigenvalue weighted by Crippen LogP contribution is 2.13. The monoisotopic (exact) mass is 208 g/mol. The summed E-state index contributed by atoms with van der Waals surface area (Å²) < 4.78 is 0. The summed E-state index contributed by atoms with van der Waals surface area (Å²) in [5, 5.41) is 6.70. The maximum Gasteiger partial charge on any atom is 0.100 e. The maximum absolute atomic E-state index is 6.03. The molecule has 1 fully saturated rings. The molecule has 0 radical (unpaired) electrons. The zero-order chi connectivity index (χ0) is 8.97. The van der Waals surface area contributed by atoms with Gasteiger partial charge in [0.1, 0.15) is 5.50 Å². The molecule has 0 bridgehead atoms. The van der Waals surface area contributed by atoms with Crippen molar-refractivity contribution in [3.63, 3.8) is 0 Å². The van der Waals surface area contributed by atoms with Gasteiger partial charge in [0.15, 0.2) is 0 Å². The van der Waals surface area contributed by atoms with Gasteiger partial charge in [-0.05, 0) is 6.42 Å². The Kier molecular flexibility index (Phi) is 4.72. The Hall–Kier alpha value is 0.560. The molecule has 0 aromatic carbocycles. The summed E-state index contributed by atoms with van der Waals surface area (Å²) in [6.45, 7) is 2.20. The van der Waals surface area contributed by atoms with Crippen molar-refractivity contribution < 1.29 is 0 Å². The van der Waals surface area contributed by atoms with Crippen LogP contribution in [-0.2, 0) is 0 Å². The predicted octanol–water partition coefficient (Wildman–Crippen LogP) is 1.56. The van der Waals surface area contributed by atoms with Crippen molar-refractivity contribution >= 4 is 24.2 Å². The molecule has 2 N–H and O–H groups in total. The molecule has 1 aliphatic heterocycles. The summed E-state index contributed by atoms with van der Waals surface area (Å²) in [5.74, 6) is 0.795. The van der Waals surface area contributed by atoms with Crippen molar-refractivity contribution in [3.8, 4) is 0 Å². The SMILES string of the molecule is CCCCC1NC(Cl)C(CS)N1. The van der Waals surface area contributed by atoms with Crippen molar-refractivity contribution in [2.75, 3.05) is 5.75 Å². The zero-order valence-corrected chi connectivity index (χ0v) is 9.04. The van der Waals surface area contributed by atoms with Crippen LogP contribution >= 0.6 is 24.2 Å². The summed E-state index contributed by atoms with van der Waals surface area (Å²) in [7, 11) is 0. The average Bonchev–Trinajstić information content (AvgIpc) is 2.43. The highest BCUT2D eigenvalue weighted by atomic mass is 35.5. The number of hydrogen-bond acceptors (Lipinski definition) is 3. The normalized spacial score (nSPS) is 35.8. The molecule has 3 unspecified atom stereocenters. The Morgan fingerprint density at radius 2 is 2.17 bits per heavy atom. The van der Waals surface area contributed by atoms with Crippen LogP contribution < -0.4 is 10.6 Å². The Morgan fingerprint density at radius 3 is 2.67 bits per heavy atom. The molecule has 4 heteroatoms. The van der Waals surface area contributed by atoms with E-state index >= 15 is 0 Å². The van der Waals surface area contributed by atoms with Gasteiger partial charge in [0, 0.05) is 11.8 Å². The third kappa shape index (κ3) is 2.80. The van der Waals surface area contributed by atoms with E-state index in [2.05, 4.69) is 30.2 Å². The molecule has 1 rings (SSSR count). The van der Waals surface area contributed by atoms with Crippen LogP contribution in [0.25, 0.3) is 0 Å². The van der Waals surface area contributed by atoms with Crippen LogP contribution in [0.3, 0.4) is 0 Å². The number of halogens is 1. The predicted molar refractivity (Wildman–Crippen MR) is 56.9 cm³/mol. The largest absolute Gasteiger partial charge is 0.295 e. The van der Waals surface area contributed by atoms with Crippen LogP contribution in [0.2, 0.25) is 0 Å². The van der Waals surface area contributed by atoms with Crippen molar-refractivity contribution in [2.24, 2.45) is 0 Å². The van der Waals surface area contributed by atoms with Gasteiger partial charge in [-0.3, -0.25) is 10.6 Å². The molecule has 0 amide bonds. The van der Waals surface area contributed by atoms with Crippen LogP contribution in [0.15, 0.2) is 0 Å². The van der Waals surface area contributed by atoms with E-state index in [9.17, 15) is 0 Å². The van der Waals surface area contributed by atoms with Crippen LogP contribution in [-0.4, -0.2) is 23.5 Å². The maximum atomic E-state index is 6.03. The van der Waals surface area contributed by atoms with Gasteiger partial charge in [-0.1, -0.05) is 19.8 Å². The first kappa shape index (κ1) is 10.6. The second-order valence-corrected chi connectivity index (χ2v) is 4.05. The molecule has 72 valence electrons. The fraction of sp³-hybridized carbons (Fsp3) is 1.00. The first-order valence-electron chi connectivity index (χ1n) is 4.55. The zero-order valence-electron chi connectivity index (χ0n) is 7.39. The van der Waals surface area contributed by atoms with Crippen LogP contribution in [0.5, 0.6) is 0 Å². The van der Waals surface area contributed by atoms with E-state index in [1.54, 1.807) is 0 Å². The van der Waals surface area contributed by atoms with Gasteiger partial charge in [0.05, 0.1) is 6.17 Å². The third-order valence-electron chi connectivity index (χ3n) is 2.17. The van der Waals surface area contributed by atoms with Gasteiger partial charge in [-0.2, -0.15) is 12.6 Å². The van der Waals surface area contributed by atoms with Crippen molar-refractivity contribution in [1.29, 1.82) is 0 Å². The van der Waals surface area contributed by atoms with Crippen LogP contribution in [0.1, 0.15) is 26.2 Å². The first-order chi connectivity index (χ1) is 5.77. The Bertz CT molecular complexity index is 134. The molecule has 0 saturated carbocycles. The molecule has 3 atom stereocenters. The van der Waals surface area contributed by atoms with Crippen LogP contribution in [0, 0.1) is 0 Å². The van der Waals surface area contributed by atoms with E-state index in [-0.39, 0.29) is 5.50 Å². The Labute approximate surface area is 84.8 Å². The molecule has 1 aliphatic rings. The van der Waals surface area contributed by atoms with Gasteiger partial charge in [0.2, 0.25) is 0 Å². The summed E-state index contributed by atoms with van der Waals surface area (Å²) in [6, 6.07) is 0.317. The third-order valence-corrected chi connectivity index (χ3v) is 3.00. The standard InChI is InChI=1S/C8H17ClN2S/c1-2-3-4-7-10-6(5-12)8(9)11-7/h6-8,10-12H,2-5H2,1H3. The number of rotatable bonds is 4. The van der Waals surface area contributed by atoms with Gasteiger partial charge in [-0.15, -0.1) is 11.6 Å². The fourth-order valence-corrected chi connectivity index (χ4v) is 2.17. The number of alkyl halides is 1. The quantitative estimate of drug-likeness (QED) is 0.371. The van der Waals surface area contributed by atoms with Crippen molar-refractivity contribution in [2.45, 2.75) is 43.9 Å². The number of unbranched alkanes of at least 4 members (excludes halogenated alkanes) is 1. The molecule has 1 heterocycles. The molecular formula is C8H17ClN2S. The molecule has 0 aliphatic carbocycles. The van der Waals surface area contributed by atoms with E-state index in [0.29, 0.717) is 12.2 Å². The van der Waals surface area contributed by atoms with Gasteiger partial charge in [0.25, 0.3) is 0 Å². The van der Waals surface area contributed by atoms with Gasteiger partial charge < -0.3 is 0 Å². The van der Waals surface area contributed by atoms with Crippen molar-refractivity contribution in [3.05, 3.63) is 0 Å². The fourth-order valence-electron chi connectivity index (χ4n) is 1.42. The summed E-state index contributed by atoms with van der Waals surface area (Å²) >= 11 is 10.2. The summed E-state index contributed by atoms with van der Waals surface area (Å²) in [6.07, 6.45) is 4.03. The van der Waals surface area contributed by atoms with Crippen molar-refractivity contribution in [1.82, 2.24) is 10.6 Å². The van der Waals surface area contributed by atoms with E-state index < -0.39 is 0 Å². The van der Waals surface area contributed by atoms with E-state index in [1.807, 2.05) is 0 Å². The number of thiol groups is 1. The highest BCUT2D eigenvalue weighted by molar-refractivity contribution is 7.80. The van der Waals surface area contributed by atoms with E-state index in [4.69, 9.17) is 11.6 Å². The molecule has 0 aromatic rings. The lowest BCUT2D eigenvalue weighted by molar-refractivity contribution is 0.478. The Balaban J connectivity index is 2.23. The number of nitrogens with one attached hydrogen (secondary N) is 2. The van der Waals surface area contributed by atoms with Gasteiger partial charge in [-0.25, -0.2) is 0 Å². The second kappa shape index (κ2) is 5.32. The lowest BCUT2D eigenvalue weighted by Crippen LogP contribution is -2.34. The number of hydrogen-bond donors (Lipinski definition) is 3. The Morgan fingerprint density at radius 1 is 1.42 bits per heavy atom. The molecule has 1 saturated heterocycles. The average molecular weight is 209 g/mol. The summed E-state index contributed by atoms with van der Waals surface area (Å²) in [5.41, 5.74) is 0.0457. The summed E-state index contributed by atoms with van der Waals surface area (Å²) in [4.78, 5) is 0. The van der Waals surface area contributed by atoms with E-state index in [0.717, 1.165) is 12.2 Å². The van der Waals surface area contributed by atoms with Crippen LogP contribution in [0.4, 0.5) is 0 Å². The minimum atomic E-state index is 0.0457. The highest BCUT2D eigenvalue weighted by Gasteiger charge is 2.29. The topological polar surface area (TPSA) is 24.1 Å². The first-order valence-corrected chi connectivity index (χ1v) is 5.61. The molecular weight excluding hydrogens is 192 g/mol. The second-order valence-electron chi connectivity index (χ2n) is 3.22. The van der Waals surface area contributed by atoms with E-state index in [1.165, 1.54) is 12.8 Å². The molecule has 0 spiro atoms. The minimum Gasteiger partial charge on any atom is -0.295 e. The van der Waals surface area contributed by atoms with Gasteiger partial charge >= 0.3 is 0 Å². The minimum absolute atomic E-state index is 0.0457. The lowest BCUT2D eigenvalue weighted by atomic mass is 10.2. The molecule has 12 heavy (non-hydrogen) atoms. The lowest BCUT2D eigenvalue weighted by Gasteiger charge is -2.10. The smallest absolute Gasteiger partial charge is 0.100 e. The molecule has 0 aromatic heterocycles. The molecule has 2 nitrogen and oxygen atoms in total.